The van der Waals surface area contributed by atoms with Gasteiger partial charge < -0.3 is 14.8 Å². The number of carbonyl (C=O) groups excluding carboxylic acids is 1. The maximum Gasteiger partial charge on any atom is 0.228 e. The summed E-state index contributed by atoms with van der Waals surface area (Å²) in [5.41, 5.74) is 0.381. The lowest BCUT2D eigenvalue weighted by Gasteiger charge is -2.13. The highest BCUT2D eigenvalue weighted by Crippen LogP contribution is 2.28. The van der Waals surface area contributed by atoms with Crippen molar-refractivity contribution in [2.24, 2.45) is 7.05 Å². The molecule has 0 amide bonds. The van der Waals surface area contributed by atoms with Crippen LogP contribution in [0.25, 0.3) is 0 Å². The van der Waals surface area contributed by atoms with Crippen molar-refractivity contribution < 1.29 is 23.0 Å². The van der Waals surface area contributed by atoms with Crippen molar-refractivity contribution in [2.45, 2.75) is 20.0 Å². The molecule has 0 bridgehead atoms. The molecule has 3 rings (SSSR count). The smallest absolute Gasteiger partial charge is 0.228 e. The molecule has 152 valence electrons. The Bertz CT molecular complexity index is 993. The van der Waals surface area contributed by atoms with Gasteiger partial charge in [0, 0.05) is 13.1 Å². The van der Waals surface area contributed by atoms with Crippen molar-refractivity contribution in [3.05, 3.63) is 53.0 Å². The zero-order valence-electron chi connectivity index (χ0n) is 16.1. The topological polar surface area (TPSA) is 91.2 Å². The Morgan fingerprint density at radius 2 is 1.93 bits per heavy atom. The van der Waals surface area contributed by atoms with Crippen LogP contribution in [0.1, 0.15) is 28.5 Å². The minimum absolute atomic E-state index is 0.0384. The molecule has 2 aromatic heterocycles. The second kappa shape index (κ2) is 8.63. The Balaban J connectivity index is 1.72. The van der Waals surface area contributed by atoms with Gasteiger partial charge in [0.05, 0.1) is 25.1 Å². The Morgan fingerprint density at radius 1 is 1.21 bits per heavy atom. The summed E-state index contributed by atoms with van der Waals surface area (Å²) in [5, 5.41) is 6.88. The molecule has 0 aliphatic carbocycles. The fourth-order valence-corrected chi connectivity index (χ4v) is 2.65. The van der Waals surface area contributed by atoms with Gasteiger partial charge in [-0.05, 0) is 18.1 Å². The normalized spacial score (nSPS) is 10.7. The molecule has 0 spiro atoms. The molecular formula is C19H19F2N5O3. The van der Waals surface area contributed by atoms with E-state index in [1.165, 1.54) is 30.3 Å². The molecular weight excluding hydrogens is 384 g/mol. The number of nitrogens with zero attached hydrogens (tertiary/aromatic N) is 4. The summed E-state index contributed by atoms with van der Waals surface area (Å²) in [6.45, 7) is 1.42. The number of carbonyl (C=O) groups is 1. The van der Waals surface area contributed by atoms with Crippen LogP contribution in [0.5, 0.6) is 11.5 Å². The number of anilines is 2. The van der Waals surface area contributed by atoms with E-state index in [-0.39, 0.29) is 35.3 Å². The van der Waals surface area contributed by atoms with Crippen LogP contribution in [0.3, 0.4) is 0 Å². The number of nitrogens with one attached hydrogen (secondary N) is 1. The number of methoxy groups -OCH3 is 1. The van der Waals surface area contributed by atoms with Gasteiger partial charge in [0.2, 0.25) is 5.95 Å². The van der Waals surface area contributed by atoms with Crippen LogP contribution in [0.2, 0.25) is 0 Å². The average molecular weight is 403 g/mol. The summed E-state index contributed by atoms with van der Waals surface area (Å²) in [7, 11) is 2.98. The highest BCUT2D eigenvalue weighted by atomic mass is 19.1. The Morgan fingerprint density at radius 3 is 2.52 bits per heavy atom. The minimum Gasteiger partial charge on any atom is -0.494 e. The third-order valence-corrected chi connectivity index (χ3v) is 4.20. The van der Waals surface area contributed by atoms with Crippen LogP contribution in [0.15, 0.2) is 24.5 Å². The van der Waals surface area contributed by atoms with Crippen LogP contribution >= 0.6 is 0 Å². The zero-order chi connectivity index (χ0) is 21.0. The van der Waals surface area contributed by atoms with E-state index in [2.05, 4.69) is 20.4 Å². The molecule has 3 aromatic rings. The molecule has 10 heteroatoms. The molecule has 0 unspecified atom stereocenters. The van der Waals surface area contributed by atoms with E-state index < -0.39 is 11.6 Å². The fourth-order valence-electron chi connectivity index (χ4n) is 2.65. The average Bonchev–Trinajstić information content (AvgIpc) is 3.09. The maximum atomic E-state index is 14.5. The summed E-state index contributed by atoms with van der Waals surface area (Å²) < 4.78 is 40.8. The van der Waals surface area contributed by atoms with Gasteiger partial charge in [0.25, 0.3) is 0 Å². The predicted molar refractivity (Wildman–Crippen MR) is 101 cm³/mol. The number of halogens is 2. The lowest BCUT2D eigenvalue weighted by atomic mass is 10.1. The van der Waals surface area contributed by atoms with Crippen molar-refractivity contribution in [2.75, 3.05) is 12.4 Å². The SMILES string of the molecule is CCc1cc(OC)c(F)c(COc2cnc(Nc3cc(C=O)nn3C)nc2)c1F. The molecule has 0 atom stereocenters. The standard InChI is InChI=1S/C19H19F2N5O3/c1-4-11-5-15(28-3)18(21)14(17(11)20)10-29-13-7-22-19(23-8-13)24-16-6-12(9-27)25-26(16)2/h5-9H,4,10H2,1-3H3,(H,22,23,24). The summed E-state index contributed by atoms with van der Waals surface area (Å²) in [6.07, 6.45) is 3.74. The molecule has 0 aliphatic heterocycles. The van der Waals surface area contributed by atoms with E-state index in [0.29, 0.717) is 24.1 Å². The molecule has 1 N–H and O–H groups in total. The predicted octanol–water partition coefficient (Wildman–Crippen LogP) is 3.19. The van der Waals surface area contributed by atoms with Crippen molar-refractivity contribution in [1.29, 1.82) is 0 Å². The highest BCUT2D eigenvalue weighted by Gasteiger charge is 2.19. The van der Waals surface area contributed by atoms with Gasteiger partial charge in [-0.2, -0.15) is 5.10 Å². The van der Waals surface area contributed by atoms with Gasteiger partial charge in [0.15, 0.2) is 23.6 Å². The van der Waals surface area contributed by atoms with Gasteiger partial charge in [-0.15, -0.1) is 0 Å². The van der Waals surface area contributed by atoms with E-state index in [1.54, 1.807) is 20.0 Å². The molecule has 1 aromatic carbocycles. The quantitative estimate of drug-likeness (QED) is 0.578. The van der Waals surface area contributed by atoms with E-state index in [4.69, 9.17) is 9.47 Å². The number of aromatic nitrogens is 4. The number of aryl methyl sites for hydroxylation is 2. The number of hydrogen-bond acceptors (Lipinski definition) is 7. The number of benzene rings is 1. The molecule has 29 heavy (non-hydrogen) atoms. The first kappa shape index (κ1) is 20.2. The van der Waals surface area contributed by atoms with Gasteiger partial charge in [-0.25, -0.2) is 18.7 Å². The third-order valence-electron chi connectivity index (χ3n) is 4.20. The van der Waals surface area contributed by atoms with E-state index >= 15 is 0 Å². The number of rotatable bonds is 8. The summed E-state index contributed by atoms with van der Waals surface area (Å²) >= 11 is 0. The van der Waals surface area contributed by atoms with Crippen molar-refractivity contribution in [3.63, 3.8) is 0 Å². The first-order valence-corrected chi connectivity index (χ1v) is 8.71. The van der Waals surface area contributed by atoms with E-state index in [1.807, 2.05) is 0 Å². The monoisotopic (exact) mass is 403 g/mol. The van der Waals surface area contributed by atoms with Gasteiger partial charge in [0.1, 0.15) is 23.9 Å². The van der Waals surface area contributed by atoms with Crippen molar-refractivity contribution in [3.8, 4) is 11.5 Å². The van der Waals surface area contributed by atoms with Crippen molar-refractivity contribution >= 4 is 18.1 Å². The zero-order valence-corrected chi connectivity index (χ0v) is 16.1. The van der Waals surface area contributed by atoms with Crippen LogP contribution in [0, 0.1) is 11.6 Å². The van der Waals surface area contributed by atoms with Gasteiger partial charge >= 0.3 is 0 Å². The number of ether oxygens (including phenoxy) is 2. The Kier molecular flexibility index (Phi) is 6.01. The van der Waals surface area contributed by atoms with Crippen LogP contribution in [-0.4, -0.2) is 33.1 Å². The van der Waals surface area contributed by atoms with Crippen LogP contribution < -0.4 is 14.8 Å². The number of aldehydes is 1. The summed E-state index contributed by atoms with van der Waals surface area (Å²) in [5.74, 6) is -0.508. The highest BCUT2D eigenvalue weighted by molar-refractivity contribution is 5.74. The van der Waals surface area contributed by atoms with Crippen LogP contribution in [0.4, 0.5) is 20.5 Å². The molecule has 0 saturated heterocycles. The van der Waals surface area contributed by atoms with Gasteiger partial charge in [-0.1, -0.05) is 6.92 Å². The lowest BCUT2D eigenvalue weighted by molar-refractivity contribution is 0.111. The lowest BCUT2D eigenvalue weighted by Crippen LogP contribution is -2.07. The molecule has 0 radical (unpaired) electrons. The summed E-state index contributed by atoms with van der Waals surface area (Å²) in [4.78, 5) is 18.9. The number of hydrogen-bond donors (Lipinski definition) is 1. The first-order chi connectivity index (χ1) is 14.0. The minimum atomic E-state index is -0.802. The van der Waals surface area contributed by atoms with Crippen LogP contribution in [-0.2, 0) is 20.1 Å². The van der Waals surface area contributed by atoms with Gasteiger partial charge in [-0.3, -0.25) is 9.48 Å². The molecule has 0 aliphatic rings. The van der Waals surface area contributed by atoms with E-state index in [9.17, 15) is 13.6 Å². The molecule has 0 saturated carbocycles. The Labute approximate surface area is 165 Å². The molecule has 8 nitrogen and oxygen atoms in total. The Hall–Kier alpha value is -3.56. The summed E-state index contributed by atoms with van der Waals surface area (Å²) in [6, 6.07) is 2.88. The second-order valence-corrected chi connectivity index (χ2v) is 6.05. The maximum absolute atomic E-state index is 14.5. The van der Waals surface area contributed by atoms with Crippen molar-refractivity contribution in [1.82, 2.24) is 19.7 Å². The van der Waals surface area contributed by atoms with E-state index in [0.717, 1.165) is 0 Å². The largest absolute Gasteiger partial charge is 0.494 e. The molecule has 2 heterocycles. The first-order valence-electron chi connectivity index (χ1n) is 8.71. The third kappa shape index (κ3) is 4.31. The molecule has 0 fully saturated rings. The fraction of sp³-hybridized carbons (Fsp3) is 0.263. The second-order valence-electron chi connectivity index (χ2n) is 6.05.